The van der Waals surface area contributed by atoms with Crippen LogP contribution in [0.3, 0.4) is 0 Å². The molecule has 0 aromatic carbocycles. The standard InChI is InChI=1S/C14H27N3O/c1-8-15-13(18)17-9-16(11(4)5)12(10(2)3)14(17,6)7/h11H,8-9H2,1-7H3,(H,15,18). The summed E-state index contributed by atoms with van der Waals surface area (Å²) in [7, 11) is 0. The Morgan fingerprint density at radius 2 is 1.94 bits per heavy atom. The summed E-state index contributed by atoms with van der Waals surface area (Å²) in [5.74, 6) is 0. The average Bonchev–Trinajstić information content (AvgIpc) is 2.50. The van der Waals surface area contributed by atoms with E-state index in [1.54, 1.807) is 0 Å². The van der Waals surface area contributed by atoms with Gasteiger partial charge in [-0.15, -0.1) is 0 Å². The average molecular weight is 253 g/mol. The second-order valence-corrected chi connectivity index (χ2v) is 5.88. The van der Waals surface area contributed by atoms with Gasteiger partial charge in [-0.2, -0.15) is 0 Å². The summed E-state index contributed by atoms with van der Waals surface area (Å²) in [6.07, 6.45) is 0. The molecule has 0 unspecified atom stereocenters. The van der Waals surface area contributed by atoms with Crippen molar-refractivity contribution >= 4 is 6.03 Å². The molecule has 1 heterocycles. The summed E-state index contributed by atoms with van der Waals surface area (Å²) >= 11 is 0. The molecule has 4 nitrogen and oxygen atoms in total. The third kappa shape index (κ3) is 2.47. The van der Waals surface area contributed by atoms with E-state index in [0.717, 1.165) is 0 Å². The van der Waals surface area contributed by atoms with Crippen LogP contribution in [0, 0.1) is 0 Å². The van der Waals surface area contributed by atoms with Gasteiger partial charge in [-0.25, -0.2) is 4.79 Å². The molecular weight excluding hydrogens is 226 g/mol. The first kappa shape index (κ1) is 14.9. The Balaban J connectivity index is 3.13. The minimum Gasteiger partial charge on any atom is -0.353 e. The summed E-state index contributed by atoms with van der Waals surface area (Å²) in [5.41, 5.74) is 2.30. The van der Waals surface area contributed by atoms with Crippen molar-refractivity contribution < 1.29 is 4.79 Å². The number of nitrogens with one attached hydrogen (secondary N) is 1. The maximum absolute atomic E-state index is 12.2. The number of allylic oxidation sites excluding steroid dienone is 1. The summed E-state index contributed by atoms with van der Waals surface area (Å²) in [5, 5.41) is 2.90. The molecule has 0 aromatic heterocycles. The van der Waals surface area contributed by atoms with Crippen molar-refractivity contribution in [2.24, 2.45) is 0 Å². The number of hydrogen-bond donors (Lipinski definition) is 1. The van der Waals surface area contributed by atoms with E-state index in [2.05, 4.69) is 51.8 Å². The van der Waals surface area contributed by atoms with Gasteiger partial charge in [0.1, 0.15) is 0 Å². The molecule has 2 amide bonds. The van der Waals surface area contributed by atoms with Crippen LogP contribution in [0.2, 0.25) is 0 Å². The minimum atomic E-state index is -0.248. The lowest BCUT2D eigenvalue weighted by atomic mass is 9.96. The lowest BCUT2D eigenvalue weighted by molar-refractivity contribution is 0.162. The number of rotatable bonds is 2. The van der Waals surface area contributed by atoms with E-state index >= 15 is 0 Å². The fourth-order valence-corrected chi connectivity index (χ4v) is 2.76. The zero-order valence-corrected chi connectivity index (χ0v) is 12.8. The number of amides is 2. The first-order chi connectivity index (χ1) is 8.23. The molecule has 1 saturated heterocycles. The molecule has 1 aliphatic heterocycles. The third-order valence-corrected chi connectivity index (χ3v) is 3.51. The fourth-order valence-electron chi connectivity index (χ4n) is 2.76. The number of carbonyl (C=O) groups is 1. The number of urea groups is 1. The van der Waals surface area contributed by atoms with Gasteiger partial charge in [0.15, 0.2) is 0 Å². The van der Waals surface area contributed by atoms with E-state index < -0.39 is 0 Å². The van der Waals surface area contributed by atoms with Crippen molar-refractivity contribution in [2.45, 2.75) is 60.0 Å². The largest absolute Gasteiger partial charge is 0.353 e. The molecule has 0 aliphatic carbocycles. The minimum absolute atomic E-state index is 0.0180. The van der Waals surface area contributed by atoms with E-state index in [-0.39, 0.29) is 11.6 Å². The van der Waals surface area contributed by atoms with Gasteiger partial charge in [-0.05, 0) is 48.5 Å². The zero-order valence-electron chi connectivity index (χ0n) is 12.8. The SMILES string of the molecule is CCNC(=O)N1CN(C(C)C)C(=C(C)C)C1(C)C. The van der Waals surface area contributed by atoms with Gasteiger partial charge in [0, 0.05) is 18.3 Å². The quantitative estimate of drug-likeness (QED) is 0.821. The molecule has 1 rings (SSSR count). The van der Waals surface area contributed by atoms with Gasteiger partial charge in [-0.3, -0.25) is 4.90 Å². The Morgan fingerprint density at radius 3 is 2.28 bits per heavy atom. The smallest absolute Gasteiger partial charge is 0.319 e. The van der Waals surface area contributed by atoms with Gasteiger partial charge >= 0.3 is 6.03 Å². The number of nitrogens with zero attached hydrogens (tertiary/aromatic N) is 2. The van der Waals surface area contributed by atoms with Crippen LogP contribution in [0.25, 0.3) is 0 Å². The molecule has 0 saturated carbocycles. The van der Waals surface area contributed by atoms with Crippen LogP contribution in [0.5, 0.6) is 0 Å². The predicted octanol–water partition coefficient (Wildman–Crippen LogP) is 2.77. The normalized spacial score (nSPS) is 18.6. The second-order valence-electron chi connectivity index (χ2n) is 5.88. The predicted molar refractivity (Wildman–Crippen MR) is 75.2 cm³/mol. The highest BCUT2D eigenvalue weighted by molar-refractivity contribution is 5.76. The third-order valence-electron chi connectivity index (χ3n) is 3.51. The Bertz CT molecular complexity index is 354. The van der Waals surface area contributed by atoms with Crippen LogP contribution in [-0.2, 0) is 0 Å². The lowest BCUT2D eigenvalue weighted by Gasteiger charge is -2.32. The second kappa shape index (κ2) is 5.21. The Labute approximate surface area is 111 Å². The van der Waals surface area contributed by atoms with Gasteiger partial charge in [0.25, 0.3) is 0 Å². The summed E-state index contributed by atoms with van der Waals surface area (Å²) in [4.78, 5) is 16.4. The molecule has 1 N–H and O–H groups in total. The first-order valence-corrected chi connectivity index (χ1v) is 6.73. The molecule has 0 atom stereocenters. The van der Waals surface area contributed by atoms with Crippen molar-refractivity contribution in [2.75, 3.05) is 13.2 Å². The summed E-state index contributed by atoms with van der Waals surface area (Å²) in [6, 6.07) is 0.415. The van der Waals surface area contributed by atoms with E-state index in [0.29, 0.717) is 19.3 Å². The van der Waals surface area contributed by atoms with Crippen LogP contribution in [-0.4, -0.2) is 40.6 Å². The van der Waals surface area contributed by atoms with E-state index in [1.165, 1.54) is 11.3 Å². The zero-order chi connectivity index (χ0) is 14.1. The highest BCUT2D eigenvalue weighted by Crippen LogP contribution is 2.37. The molecule has 0 aromatic rings. The highest BCUT2D eigenvalue weighted by atomic mass is 16.2. The first-order valence-electron chi connectivity index (χ1n) is 6.73. The van der Waals surface area contributed by atoms with Gasteiger partial charge < -0.3 is 10.2 Å². The molecule has 0 bridgehead atoms. The van der Waals surface area contributed by atoms with Crippen molar-refractivity contribution in [1.82, 2.24) is 15.1 Å². The lowest BCUT2D eigenvalue weighted by Crippen LogP contribution is -2.48. The molecule has 4 heteroatoms. The molecule has 104 valence electrons. The number of hydrogen-bond acceptors (Lipinski definition) is 2. The molecule has 18 heavy (non-hydrogen) atoms. The highest BCUT2D eigenvalue weighted by Gasteiger charge is 2.45. The van der Waals surface area contributed by atoms with E-state index in [9.17, 15) is 4.79 Å². The summed E-state index contributed by atoms with van der Waals surface area (Å²) < 4.78 is 0. The Hall–Kier alpha value is -1.19. The monoisotopic (exact) mass is 253 g/mol. The van der Waals surface area contributed by atoms with E-state index in [1.807, 2.05) is 11.8 Å². The van der Waals surface area contributed by atoms with Crippen LogP contribution >= 0.6 is 0 Å². The Morgan fingerprint density at radius 1 is 1.39 bits per heavy atom. The van der Waals surface area contributed by atoms with Crippen molar-refractivity contribution in [3.05, 3.63) is 11.3 Å². The molecular formula is C14H27N3O. The number of carbonyl (C=O) groups excluding carboxylic acids is 1. The van der Waals surface area contributed by atoms with Crippen LogP contribution in [0.4, 0.5) is 4.79 Å². The van der Waals surface area contributed by atoms with Crippen LogP contribution in [0.15, 0.2) is 11.3 Å². The molecule has 1 fully saturated rings. The maximum atomic E-state index is 12.2. The summed E-state index contributed by atoms with van der Waals surface area (Å²) in [6.45, 7) is 16.1. The maximum Gasteiger partial charge on any atom is 0.319 e. The Kier molecular flexibility index (Phi) is 4.30. The topological polar surface area (TPSA) is 35.6 Å². The van der Waals surface area contributed by atoms with Gasteiger partial charge in [0.2, 0.25) is 0 Å². The van der Waals surface area contributed by atoms with Crippen LogP contribution in [0.1, 0.15) is 48.5 Å². The van der Waals surface area contributed by atoms with Gasteiger partial charge in [-0.1, -0.05) is 5.57 Å². The van der Waals surface area contributed by atoms with Crippen molar-refractivity contribution in [3.8, 4) is 0 Å². The van der Waals surface area contributed by atoms with Crippen LogP contribution < -0.4 is 5.32 Å². The molecule has 0 radical (unpaired) electrons. The van der Waals surface area contributed by atoms with E-state index in [4.69, 9.17) is 0 Å². The molecule has 1 aliphatic rings. The van der Waals surface area contributed by atoms with Gasteiger partial charge in [0.05, 0.1) is 12.2 Å². The fraction of sp³-hybridized carbons (Fsp3) is 0.786. The van der Waals surface area contributed by atoms with Crippen molar-refractivity contribution in [1.29, 1.82) is 0 Å². The molecule has 0 spiro atoms. The van der Waals surface area contributed by atoms with Crippen molar-refractivity contribution in [3.63, 3.8) is 0 Å².